The summed E-state index contributed by atoms with van der Waals surface area (Å²) in [6.45, 7) is 0.854. The van der Waals surface area contributed by atoms with Crippen molar-refractivity contribution in [1.29, 1.82) is 0 Å². The zero-order chi connectivity index (χ0) is 21.0. The van der Waals surface area contributed by atoms with E-state index in [2.05, 4.69) is 21.2 Å². The van der Waals surface area contributed by atoms with Crippen LogP contribution >= 0.6 is 0 Å². The molecular weight excluding hydrogens is 429 g/mol. The summed E-state index contributed by atoms with van der Waals surface area (Å²) in [7, 11) is -2.56. The summed E-state index contributed by atoms with van der Waals surface area (Å²) in [6.07, 6.45) is 5.81. The van der Waals surface area contributed by atoms with E-state index in [1.165, 1.54) is 26.8 Å². The van der Waals surface area contributed by atoms with Crippen LogP contribution in [0.25, 0.3) is 0 Å². The third-order valence-electron chi connectivity index (χ3n) is 6.18. The summed E-state index contributed by atoms with van der Waals surface area (Å²) in [5.74, 6) is -0.296. The number of amides is 3. The van der Waals surface area contributed by atoms with Gasteiger partial charge in [0, 0.05) is 54.9 Å². The first-order valence-corrected chi connectivity index (χ1v) is 11.7. The van der Waals surface area contributed by atoms with E-state index in [1.807, 2.05) is 0 Å². The minimum atomic E-state index is -4.21. The summed E-state index contributed by atoms with van der Waals surface area (Å²) in [4.78, 5) is 26.4. The monoisotopic (exact) mass is 452 g/mol. The van der Waals surface area contributed by atoms with Crippen molar-refractivity contribution in [2.24, 2.45) is 0 Å². The molecule has 1 aromatic carbocycles. The molecule has 1 radical (unpaired) electrons. The number of urea groups is 1. The molecule has 0 saturated carbocycles. The van der Waals surface area contributed by atoms with Crippen molar-refractivity contribution in [3.63, 3.8) is 0 Å². The second-order valence-electron chi connectivity index (χ2n) is 8.11. The Morgan fingerprint density at radius 2 is 1.68 bits per heavy atom. The van der Waals surface area contributed by atoms with Crippen molar-refractivity contribution in [3.8, 4) is 0 Å². The summed E-state index contributed by atoms with van der Waals surface area (Å²) >= 11 is 0. The van der Waals surface area contributed by atoms with Crippen LogP contribution in [-0.4, -0.2) is 78.2 Å². The number of hydrogen-bond donors (Lipinski definition) is 2. The summed E-state index contributed by atoms with van der Waals surface area (Å²) in [5, 5.41) is 6.50. The standard InChI is InChI=1S/C20H23N5O4S.Na/c1-24-8-9-25-16(19(24)26)11-17(22-25)30(28,29)23-20(27)21-18-14-6-2-4-12(14)10-13-5-3-7-15(13)18;/h10-11H,2-9H2,1H3,(H2,21,23,27);. The van der Waals surface area contributed by atoms with Gasteiger partial charge in [-0.15, -0.1) is 0 Å². The summed E-state index contributed by atoms with van der Waals surface area (Å²) in [6, 6.07) is 2.65. The quantitative estimate of drug-likeness (QED) is 0.677. The predicted molar refractivity (Wildman–Crippen MR) is 115 cm³/mol. The zero-order valence-corrected chi connectivity index (χ0v) is 20.5. The third kappa shape index (κ3) is 3.90. The molecule has 159 valence electrons. The Hall–Kier alpha value is -1.88. The molecule has 11 heteroatoms. The fourth-order valence-electron chi connectivity index (χ4n) is 4.69. The number of fused-ring (bicyclic) bond motifs is 3. The number of carbonyl (C=O) groups is 2. The predicted octanol–water partition coefficient (Wildman–Crippen LogP) is 1.08. The van der Waals surface area contributed by atoms with Crippen LogP contribution in [0.5, 0.6) is 0 Å². The van der Waals surface area contributed by atoms with Crippen LogP contribution in [0.1, 0.15) is 45.6 Å². The molecule has 3 amide bonds. The Bertz CT molecular complexity index is 1160. The fraction of sp³-hybridized carbons (Fsp3) is 0.450. The SMILES string of the molecule is CN1CCn2nc(S(=O)(=O)NC(=O)Nc3c4c(cc5c3CCC5)CCC4)cc2C1=O.[Na]. The number of aryl methyl sites for hydroxylation is 2. The van der Waals surface area contributed by atoms with Crippen LogP contribution in [0.15, 0.2) is 17.2 Å². The van der Waals surface area contributed by atoms with Crippen molar-refractivity contribution < 1.29 is 18.0 Å². The number of nitrogens with one attached hydrogen (secondary N) is 2. The normalized spacial score (nSPS) is 16.9. The average molecular weight is 452 g/mol. The topological polar surface area (TPSA) is 113 Å². The molecule has 2 N–H and O–H groups in total. The molecule has 0 bridgehead atoms. The van der Waals surface area contributed by atoms with E-state index in [0.717, 1.165) is 55.3 Å². The molecule has 0 atom stereocenters. The average Bonchev–Trinajstić information content (AvgIpc) is 3.42. The molecule has 2 aromatic rings. The summed E-state index contributed by atoms with van der Waals surface area (Å²) < 4.78 is 28.9. The smallest absolute Gasteiger partial charge is 0.333 e. The van der Waals surface area contributed by atoms with E-state index < -0.39 is 16.1 Å². The van der Waals surface area contributed by atoms with E-state index in [-0.39, 0.29) is 46.2 Å². The molecule has 5 rings (SSSR count). The Morgan fingerprint density at radius 1 is 1.03 bits per heavy atom. The van der Waals surface area contributed by atoms with Gasteiger partial charge < -0.3 is 10.2 Å². The van der Waals surface area contributed by atoms with E-state index in [1.54, 1.807) is 7.05 Å². The number of likely N-dealkylation sites (N-methyl/N-ethyl adjacent to an activating group) is 1. The maximum atomic E-state index is 12.7. The number of aromatic nitrogens is 2. The first kappa shape index (κ1) is 22.3. The van der Waals surface area contributed by atoms with E-state index in [0.29, 0.717) is 13.1 Å². The molecule has 2 heterocycles. The molecule has 9 nitrogen and oxygen atoms in total. The molecule has 1 aliphatic heterocycles. The first-order chi connectivity index (χ1) is 14.3. The van der Waals surface area contributed by atoms with Gasteiger partial charge in [0.05, 0.1) is 6.54 Å². The number of rotatable bonds is 3. The van der Waals surface area contributed by atoms with Gasteiger partial charge in [0.2, 0.25) is 0 Å². The van der Waals surface area contributed by atoms with Gasteiger partial charge in [-0.2, -0.15) is 13.5 Å². The molecule has 2 aliphatic carbocycles. The number of benzene rings is 1. The molecule has 0 saturated heterocycles. The molecular formula is C20H23N5NaO4S. The van der Waals surface area contributed by atoms with Crippen LogP contribution < -0.4 is 10.0 Å². The van der Waals surface area contributed by atoms with Crippen molar-refractivity contribution in [1.82, 2.24) is 19.4 Å². The van der Waals surface area contributed by atoms with Crippen molar-refractivity contribution >= 4 is 57.2 Å². The van der Waals surface area contributed by atoms with Crippen LogP contribution in [0.3, 0.4) is 0 Å². The fourth-order valence-corrected chi connectivity index (χ4v) is 5.56. The van der Waals surface area contributed by atoms with Crippen LogP contribution in [0.4, 0.5) is 10.5 Å². The zero-order valence-electron chi connectivity index (χ0n) is 17.7. The second-order valence-corrected chi connectivity index (χ2v) is 9.74. The van der Waals surface area contributed by atoms with Crippen molar-refractivity contribution in [3.05, 3.63) is 40.1 Å². The van der Waals surface area contributed by atoms with E-state index in [9.17, 15) is 18.0 Å². The molecule has 1 aromatic heterocycles. The number of hydrogen-bond acceptors (Lipinski definition) is 5. The Labute approximate surface area is 202 Å². The van der Waals surface area contributed by atoms with Gasteiger partial charge in [-0.1, -0.05) is 6.07 Å². The van der Waals surface area contributed by atoms with Crippen molar-refractivity contribution in [2.45, 2.75) is 50.1 Å². The minimum Gasteiger partial charge on any atom is -0.339 e. The van der Waals surface area contributed by atoms with Gasteiger partial charge in [0.15, 0.2) is 5.03 Å². The molecule has 0 unspecified atom stereocenters. The van der Waals surface area contributed by atoms with Crippen LogP contribution in [0.2, 0.25) is 0 Å². The van der Waals surface area contributed by atoms with Crippen molar-refractivity contribution in [2.75, 3.05) is 18.9 Å². The molecule has 0 fully saturated rings. The number of sulfonamides is 1. The van der Waals surface area contributed by atoms with Crippen LogP contribution in [0, 0.1) is 0 Å². The number of anilines is 1. The first-order valence-electron chi connectivity index (χ1n) is 10.2. The van der Waals surface area contributed by atoms with Gasteiger partial charge >= 0.3 is 6.03 Å². The Morgan fingerprint density at radius 3 is 2.32 bits per heavy atom. The van der Waals surface area contributed by atoms with Gasteiger partial charge in [0.1, 0.15) is 5.69 Å². The maximum absolute atomic E-state index is 12.7. The van der Waals surface area contributed by atoms with Gasteiger partial charge in [-0.3, -0.25) is 9.48 Å². The van der Waals surface area contributed by atoms with E-state index >= 15 is 0 Å². The number of carbonyl (C=O) groups excluding carboxylic acids is 2. The third-order valence-corrected chi connectivity index (χ3v) is 7.39. The molecule has 0 spiro atoms. The maximum Gasteiger partial charge on any atom is 0.333 e. The largest absolute Gasteiger partial charge is 0.339 e. The minimum absolute atomic E-state index is 0. The van der Waals surface area contributed by atoms with Gasteiger partial charge in [-0.25, -0.2) is 9.52 Å². The summed E-state index contributed by atoms with van der Waals surface area (Å²) in [5.41, 5.74) is 5.70. The van der Waals surface area contributed by atoms with Crippen LogP contribution in [-0.2, 0) is 42.3 Å². The Kier molecular flexibility index (Phi) is 5.93. The Balaban J connectivity index is 0.00000231. The molecule has 3 aliphatic rings. The van der Waals surface area contributed by atoms with Gasteiger partial charge in [-0.05, 0) is 60.8 Å². The second kappa shape index (κ2) is 8.23. The number of nitrogens with zero attached hydrogens (tertiary/aromatic N) is 3. The molecule has 31 heavy (non-hydrogen) atoms. The van der Waals surface area contributed by atoms with E-state index in [4.69, 9.17) is 0 Å². The van der Waals surface area contributed by atoms with Gasteiger partial charge in [0.25, 0.3) is 15.9 Å².